The van der Waals surface area contributed by atoms with Crippen molar-refractivity contribution in [3.05, 3.63) is 36.0 Å². The standard InChI is InChI=1S/C30H38N4O8/c1-30(2,3)42-26(36)14-13-21(29(39)40)33-27(37)22-16-24(19-10-4-5-11-20(19)32-22)41-17-25(35)34-15-7-12-23(34)28(38)31-18-8-6-9-18/h4-5,10-11,16,18,21,23H,6-9,12-15,17H2,1-3H3,(H,31,38)(H,33,37)(H,39,40)/t21-,23-/m0/s1. The van der Waals surface area contributed by atoms with Gasteiger partial charge in [-0.05, 0) is 71.4 Å². The Bertz CT molecular complexity index is 1350. The van der Waals surface area contributed by atoms with Crippen LogP contribution in [0.15, 0.2) is 30.3 Å². The number of para-hydroxylation sites is 1. The molecule has 1 aromatic carbocycles. The number of aliphatic carboxylic acids is 1. The lowest BCUT2D eigenvalue weighted by atomic mass is 9.93. The topological polar surface area (TPSA) is 164 Å². The number of aromatic nitrogens is 1. The highest BCUT2D eigenvalue weighted by molar-refractivity contribution is 5.99. The molecular formula is C30H38N4O8. The molecule has 1 aliphatic carbocycles. The van der Waals surface area contributed by atoms with Gasteiger partial charge in [0.1, 0.15) is 29.1 Å². The zero-order valence-corrected chi connectivity index (χ0v) is 24.2. The number of carboxylic acid groups (broad SMARTS) is 1. The molecule has 226 valence electrons. The summed E-state index contributed by atoms with van der Waals surface area (Å²) in [7, 11) is 0. The summed E-state index contributed by atoms with van der Waals surface area (Å²) in [5.74, 6) is -2.93. The van der Waals surface area contributed by atoms with Gasteiger partial charge in [0.05, 0.1) is 5.52 Å². The van der Waals surface area contributed by atoms with Crippen molar-refractivity contribution in [1.29, 1.82) is 0 Å². The maximum absolute atomic E-state index is 13.1. The van der Waals surface area contributed by atoms with Crippen molar-refractivity contribution in [3.8, 4) is 5.75 Å². The molecule has 4 rings (SSSR count). The number of amides is 3. The van der Waals surface area contributed by atoms with Crippen molar-refractivity contribution < 1.29 is 38.6 Å². The van der Waals surface area contributed by atoms with Crippen molar-refractivity contribution in [2.75, 3.05) is 13.2 Å². The molecule has 42 heavy (non-hydrogen) atoms. The number of carbonyl (C=O) groups excluding carboxylic acids is 4. The number of nitrogens with one attached hydrogen (secondary N) is 2. The summed E-state index contributed by atoms with van der Waals surface area (Å²) in [4.78, 5) is 68.7. The minimum Gasteiger partial charge on any atom is -0.483 e. The first kappa shape index (κ1) is 30.7. The van der Waals surface area contributed by atoms with E-state index in [0.717, 1.165) is 25.7 Å². The first-order valence-electron chi connectivity index (χ1n) is 14.3. The van der Waals surface area contributed by atoms with Crippen molar-refractivity contribution in [2.24, 2.45) is 0 Å². The molecule has 2 fully saturated rings. The van der Waals surface area contributed by atoms with E-state index in [4.69, 9.17) is 9.47 Å². The molecule has 3 amide bonds. The lowest BCUT2D eigenvalue weighted by Gasteiger charge is -2.30. The fourth-order valence-corrected chi connectivity index (χ4v) is 4.93. The molecule has 0 spiro atoms. The van der Waals surface area contributed by atoms with E-state index in [2.05, 4.69) is 15.6 Å². The average molecular weight is 583 g/mol. The van der Waals surface area contributed by atoms with Gasteiger partial charge in [-0.2, -0.15) is 0 Å². The lowest BCUT2D eigenvalue weighted by molar-refractivity contribution is -0.155. The molecule has 12 heteroatoms. The molecule has 1 aromatic heterocycles. The first-order valence-corrected chi connectivity index (χ1v) is 14.3. The quantitative estimate of drug-likeness (QED) is 0.338. The molecule has 2 atom stereocenters. The van der Waals surface area contributed by atoms with Crippen LogP contribution in [0, 0.1) is 0 Å². The maximum Gasteiger partial charge on any atom is 0.326 e. The summed E-state index contributed by atoms with van der Waals surface area (Å²) < 4.78 is 11.1. The van der Waals surface area contributed by atoms with Crippen LogP contribution in [0.25, 0.3) is 10.9 Å². The molecule has 0 radical (unpaired) electrons. The van der Waals surface area contributed by atoms with Crippen LogP contribution in [0.1, 0.15) is 76.2 Å². The van der Waals surface area contributed by atoms with Gasteiger partial charge >= 0.3 is 11.9 Å². The summed E-state index contributed by atoms with van der Waals surface area (Å²) in [6.07, 6.45) is 3.93. The number of fused-ring (bicyclic) bond motifs is 1. The van der Waals surface area contributed by atoms with Gasteiger partial charge in [0.2, 0.25) is 5.91 Å². The Kier molecular flexibility index (Phi) is 9.64. The Morgan fingerprint density at radius 3 is 2.50 bits per heavy atom. The van der Waals surface area contributed by atoms with E-state index in [0.29, 0.717) is 23.9 Å². The second-order valence-corrected chi connectivity index (χ2v) is 11.7. The number of nitrogens with zero attached hydrogens (tertiary/aromatic N) is 2. The van der Waals surface area contributed by atoms with Gasteiger partial charge < -0.3 is 30.1 Å². The normalized spacial score (nSPS) is 17.7. The third kappa shape index (κ3) is 7.95. The lowest BCUT2D eigenvalue weighted by Crippen LogP contribution is -2.51. The van der Waals surface area contributed by atoms with Crippen LogP contribution in [0.3, 0.4) is 0 Å². The van der Waals surface area contributed by atoms with E-state index in [1.165, 1.54) is 11.0 Å². The average Bonchev–Trinajstić information content (AvgIpc) is 3.40. The fourth-order valence-electron chi connectivity index (χ4n) is 4.93. The number of hydrogen-bond acceptors (Lipinski definition) is 8. The summed E-state index contributed by atoms with van der Waals surface area (Å²) in [5.41, 5.74) is -0.421. The van der Waals surface area contributed by atoms with Gasteiger partial charge in [-0.1, -0.05) is 12.1 Å². The van der Waals surface area contributed by atoms with Crippen LogP contribution in [0.4, 0.5) is 0 Å². The first-order chi connectivity index (χ1) is 19.9. The molecule has 2 heterocycles. The number of carboxylic acids is 1. The summed E-state index contributed by atoms with van der Waals surface area (Å²) in [6.45, 7) is 5.22. The van der Waals surface area contributed by atoms with E-state index >= 15 is 0 Å². The van der Waals surface area contributed by atoms with Gasteiger partial charge in [0.15, 0.2) is 6.61 Å². The number of rotatable bonds is 11. The molecule has 2 aromatic rings. The van der Waals surface area contributed by atoms with E-state index in [1.807, 2.05) is 0 Å². The van der Waals surface area contributed by atoms with Gasteiger partial charge in [0.25, 0.3) is 11.8 Å². The van der Waals surface area contributed by atoms with Gasteiger partial charge in [-0.15, -0.1) is 0 Å². The van der Waals surface area contributed by atoms with Gasteiger partial charge in [0, 0.05) is 30.5 Å². The molecule has 12 nitrogen and oxygen atoms in total. The molecule has 1 saturated heterocycles. The smallest absolute Gasteiger partial charge is 0.326 e. The number of benzene rings is 1. The van der Waals surface area contributed by atoms with E-state index < -0.39 is 35.5 Å². The Balaban J connectivity index is 1.44. The third-order valence-electron chi connectivity index (χ3n) is 7.25. The predicted molar refractivity (Wildman–Crippen MR) is 152 cm³/mol. The zero-order valence-electron chi connectivity index (χ0n) is 24.2. The highest BCUT2D eigenvalue weighted by Gasteiger charge is 2.36. The van der Waals surface area contributed by atoms with Crippen LogP contribution in [0.2, 0.25) is 0 Å². The monoisotopic (exact) mass is 582 g/mol. The van der Waals surface area contributed by atoms with Crippen molar-refractivity contribution in [1.82, 2.24) is 20.5 Å². The largest absolute Gasteiger partial charge is 0.483 e. The van der Waals surface area contributed by atoms with Crippen LogP contribution < -0.4 is 15.4 Å². The van der Waals surface area contributed by atoms with Gasteiger partial charge in [-0.3, -0.25) is 19.2 Å². The number of pyridine rings is 1. The van der Waals surface area contributed by atoms with Crippen molar-refractivity contribution >= 4 is 40.6 Å². The number of likely N-dealkylation sites (tertiary alicyclic amines) is 1. The van der Waals surface area contributed by atoms with Crippen LogP contribution in [0.5, 0.6) is 5.75 Å². The molecule has 1 aliphatic heterocycles. The molecular weight excluding hydrogens is 544 g/mol. The molecule has 2 aliphatic rings. The summed E-state index contributed by atoms with van der Waals surface area (Å²) >= 11 is 0. The minimum absolute atomic E-state index is 0.112. The number of hydrogen-bond donors (Lipinski definition) is 3. The Hall–Kier alpha value is -4.22. The number of ether oxygens (including phenoxy) is 2. The maximum atomic E-state index is 13.1. The minimum atomic E-state index is -1.36. The molecule has 3 N–H and O–H groups in total. The van der Waals surface area contributed by atoms with E-state index in [9.17, 15) is 29.1 Å². The van der Waals surface area contributed by atoms with E-state index in [-0.39, 0.29) is 48.7 Å². The Morgan fingerprint density at radius 1 is 1.10 bits per heavy atom. The van der Waals surface area contributed by atoms with Crippen molar-refractivity contribution in [3.63, 3.8) is 0 Å². The zero-order chi connectivity index (χ0) is 30.4. The Labute approximate surface area is 244 Å². The van der Waals surface area contributed by atoms with Gasteiger partial charge in [-0.25, -0.2) is 9.78 Å². The highest BCUT2D eigenvalue weighted by atomic mass is 16.6. The van der Waals surface area contributed by atoms with Crippen LogP contribution >= 0.6 is 0 Å². The second-order valence-electron chi connectivity index (χ2n) is 11.7. The third-order valence-corrected chi connectivity index (χ3v) is 7.25. The Morgan fingerprint density at radius 2 is 1.83 bits per heavy atom. The fraction of sp³-hybridized carbons (Fsp3) is 0.533. The summed E-state index contributed by atoms with van der Waals surface area (Å²) in [5, 5.41) is 15.6. The van der Waals surface area contributed by atoms with E-state index in [1.54, 1.807) is 45.0 Å². The molecule has 0 bridgehead atoms. The second kappa shape index (κ2) is 13.2. The summed E-state index contributed by atoms with van der Waals surface area (Å²) in [6, 6.07) is 6.52. The SMILES string of the molecule is CC(C)(C)OC(=O)CC[C@H](NC(=O)c1cc(OCC(=O)N2CCC[C@H]2C(=O)NC2CCC2)c2ccccc2n1)C(=O)O. The highest BCUT2D eigenvalue weighted by Crippen LogP contribution is 2.27. The molecule has 0 unspecified atom stereocenters. The van der Waals surface area contributed by atoms with Crippen LogP contribution in [-0.4, -0.2) is 81.5 Å². The number of carbonyl (C=O) groups is 5. The number of esters is 1. The van der Waals surface area contributed by atoms with Crippen LogP contribution in [-0.2, 0) is 23.9 Å². The van der Waals surface area contributed by atoms with Crippen molar-refractivity contribution in [2.45, 2.75) is 89.4 Å². The molecule has 1 saturated carbocycles. The predicted octanol–water partition coefficient (Wildman–Crippen LogP) is 2.58.